The molecule has 0 saturated heterocycles. The first-order valence-corrected chi connectivity index (χ1v) is 7.00. The van der Waals surface area contributed by atoms with Crippen LogP contribution in [-0.2, 0) is 11.3 Å². The second kappa shape index (κ2) is 5.60. The van der Waals surface area contributed by atoms with Crippen molar-refractivity contribution < 1.29 is 14.1 Å². The number of aromatic nitrogens is 2. The van der Waals surface area contributed by atoms with E-state index in [2.05, 4.69) is 10.1 Å². The number of hydrogen-bond acceptors (Lipinski definition) is 5. The van der Waals surface area contributed by atoms with E-state index in [1.54, 1.807) is 13.0 Å². The van der Waals surface area contributed by atoms with Gasteiger partial charge in [-0.05, 0) is 39.0 Å². The minimum atomic E-state index is -0.414. The maximum Gasteiger partial charge on any atom is 0.340 e. The van der Waals surface area contributed by atoms with E-state index in [0.29, 0.717) is 17.0 Å². The highest BCUT2D eigenvalue weighted by Crippen LogP contribution is 2.19. The molecule has 22 heavy (non-hydrogen) atoms. The summed E-state index contributed by atoms with van der Waals surface area (Å²) in [6.45, 7) is 5.68. The van der Waals surface area contributed by atoms with Crippen LogP contribution in [0, 0.1) is 20.8 Å². The van der Waals surface area contributed by atoms with E-state index >= 15 is 0 Å². The molecule has 0 atom stereocenters. The van der Waals surface area contributed by atoms with Crippen LogP contribution in [0.2, 0.25) is 0 Å². The van der Waals surface area contributed by atoms with Gasteiger partial charge in [0, 0.05) is 11.5 Å². The fourth-order valence-electron chi connectivity index (χ4n) is 2.30. The zero-order valence-corrected chi connectivity index (χ0v) is 12.7. The highest BCUT2D eigenvalue weighted by molar-refractivity contribution is 5.95. The summed E-state index contributed by atoms with van der Waals surface area (Å²) < 4.78 is 10.3. The van der Waals surface area contributed by atoms with Gasteiger partial charge in [-0.1, -0.05) is 16.8 Å². The zero-order chi connectivity index (χ0) is 15.7. The Bertz CT molecular complexity index is 852. The maximum absolute atomic E-state index is 12.2. The van der Waals surface area contributed by atoms with Crippen molar-refractivity contribution >= 4 is 16.9 Å². The molecule has 112 valence electrons. The fourth-order valence-corrected chi connectivity index (χ4v) is 2.30. The lowest BCUT2D eigenvalue weighted by Crippen LogP contribution is -2.08. The molecule has 0 N–H and O–H groups in total. The summed E-state index contributed by atoms with van der Waals surface area (Å²) >= 11 is 0. The molecule has 0 fully saturated rings. The van der Waals surface area contributed by atoms with E-state index in [9.17, 15) is 4.79 Å². The van der Waals surface area contributed by atoms with Crippen LogP contribution < -0.4 is 0 Å². The van der Waals surface area contributed by atoms with Crippen LogP contribution in [0.4, 0.5) is 0 Å². The van der Waals surface area contributed by atoms with E-state index in [4.69, 9.17) is 9.26 Å². The molecule has 5 nitrogen and oxygen atoms in total. The summed E-state index contributed by atoms with van der Waals surface area (Å²) in [6.07, 6.45) is 0. The number of esters is 1. The molecule has 2 aromatic heterocycles. The lowest BCUT2D eigenvalue weighted by atomic mass is 10.1. The van der Waals surface area contributed by atoms with E-state index in [1.165, 1.54) is 0 Å². The third-order valence-electron chi connectivity index (χ3n) is 3.40. The number of carbonyl (C=O) groups is 1. The molecule has 5 heteroatoms. The van der Waals surface area contributed by atoms with Crippen LogP contribution in [-0.4, -0.2) is 16.1 Å². The molecular formula is C17H16N2O3. The van der Waals surface area contributed by atoms with Gasteiger partial charge in [-0.25, -0.2) is 4.79 Å². The van der Waals surface area contributed by atoms with E-state index in [-0.39, 0.29) is 6.61 Å². The van der Waals surface area contributed by atoms with Gasteiger partial charge in [-0.15, -0.1) is 0 Å². The average molecular weight is 296 g/mol. The van der Waals surface area contributed by atoms with Crippen LogP contribution in [0.1, 0.15) is 33.1 Å². The van der Waals surface area contributed by atoms with E-state index < -0.39 is 5.97 Å². The molecular weight excluding hydrogens is 280 g/mol. The predicted molar refractivity (Wildman–Crippen MR) is 81.6 cm³/mol. The van der Waals surface area contributed by atoms with Crippen molar-refractivity contribution in [1.29, 1.82) is 0 Å². The molecule has 0 aliphatic heterocycles. The Hall–Kier alpha value is -2.69. The number of benzene rings is 1. The van der Waals surface area contributed by atoms with Gasteiger partial charge in [0.15, 0.2) is 12.4 Å². The molecule has 0 unspecified atom stereocenters. The number of hydrogen-bond donors (Lipinski definition) is 0. The van der Waals surface area contributed by atoms with Crippen molar-refractivity contribution in [1.82, 2.24) is 10.1 Å². The first kappa shape index (κ1) is 14.3. The SMILES string of the molecule is Cc1ccc2nc(C)c(C(=O)OCc3cc(C)no3)cc2c1. The number of rotatable bonds is 3. The second-order valence-corrected chi connectivity index (χ2v) is 5.33. The molecule has 0 radical (unpaired) electrons. The summed E-state index contributed by atoms with van der Waals surface area (Å²) in [5.41, 5.74) is 3.86. The van der Waals surface area contributed by atoms with Gasteiger partial charge in [0.25, 0.3) is 0 Å². The van der Waals surface area contributed by atoms with Gasteiger partial charge >= 0.3 is 5.97 Å². The summed E-state index contributed by atoms with van der Waals surface area (Å²) in [5, 5.41) is 4.68. The molecule has 3 aromatic rings. The van der Waals surface area contributed by atoms with Crippen LogP contribution in [0.3, 0.4) is 0 Å². The van der Waals surface area contributed by atoms with Crippen LogP contribution in [0.5, 0.6) is 0 Å². The normalized spacial score (nSPS) is 10.9. The lowest BCUT2D eigenvalue weighted by Gasteiger charge is -2.07. The van der Waals surface area contributed by atoms with Crippen molar-refractivity contribution in [2.45, 2.75) is 27.4 Å². The average Bonchev–Trinajstić information content (AvgIpc) is 2.90. The minimum Gasteiger partial charge on any atom is -0.454 e. The molecule has 3 rings (SSSR count). The first-order chi connectivity index (χ1) is 10.5. The maximum atomic E-state index is 12.2. The van der Waals surface area contributed by atoms with Crippen LogP contribution >= 0.6 is 0 Å². The minimum absolute atomic E-state index is 0.0605. The van der Waals surface area contributed by atoms with Gasteiger partial charge in [0.2, 0.25) is 0 Å². The number of pyridine rings is 1. The monoisotopic (exact) mass is 296 g/mol. The number of aryl methyl sites for hydroxylation is 3. The summed E-state index contributed by atoms with van der Waals surface area (Å²) in [7, 11) is 0. The van der Waals surface area contributed by atoms with Gasteiger partial charge in [0.05, 0.1) is 22.5 Å². The molecule has 0 aliphatic rings. The Balaban J connectivity index is 1.85. The molecule has 2 heterocycles. The highest BCUT2D eigenvalue weighted by Gasteiger charge is 2.14. The zero-order valence-electron chi connectivity index (χ0n) is 12.7. The van der Waals surface area contributed by atoms with Gasteiger partial charge < -0.3 is 9.26 Å². The standard InChI is InChI=1S/C17H16N2O3/c1-10-4-5-16-13(6-10)8-15(12(3)18-16)17(20)21-9-14-7-11(2)19-22-14/h4-8H,9H2,1-3H3. The van der Waals surface area contributed by atoms with E-state index in [0.717, 1.165) is 22.2 Å². The highest BCUT2D eigenvalue weighted by atomic mass is 16.5. The summed E-state index contributed by atoms with van der Waals surface area (Å²) in [4.78, 5) is 16.7. The molecule has 0 amide bonds. The van der Waals surface area contributed by atoms with Crippen molar-refractivity contribution in [2.75, 3.05) is 0 Å². The molecule has 0 aliphatic carbocycles. The third-order valence-corrected chi connectivity index (χ3v) is 3.40. The van der Waals surface area contributed by atoms with Crippen molar-refractivity contribution in [3.05, 3.63) is 58.6 Å². The topological polar surface area (TPSA) is 65.2 Å². The summed E-state index contributed by atoms with van der Waals surface area (Å²) in [5.74, 6) is 0.107. The first-order valence-electron chi connectivity index (χ1n) is 7.00. The number of fused-ring (bicyclic) bond motifs is 1. The number of nitrogens with zero attached hydrogens (tertiary/aromatic N) is 2. The molecule has 1 aromatic carbocycles. The molecule has 0 bridgehead atoms. The van der Waals surface area contributed by atoms with E-state index in [1.807, 2.05) is 38.1 Å². The van der Waals surface area contributed by atoms with Crippen LogP contribution in [0.25, 0.3) is 10.9 Å². The van der Waals surface area contributed by atoms with Crippen LogP contribution in [0.15, 0.2) is 34.9 Å². The van der Waals surface area contributed by atoms with Crippen molar-refractivity contribution in [3.8, 4) is 0 Å². The smallest absolute Gasteiger partial charge is 0.340 e. The summed E-state index contributed by atoms with van der Waals surface area (Å²) in [6, 6.07) is 9.50. The number of ether oxygens (including phenoxy) is 1. The predicted octanol–water partition coefficient (Wildman–Crippen LogP) is 3.51. The van der Waals surface area contributed by atoms with Gasteiger partial charge in [0.1, 0.15) is 0 Å². The lowest BCUT2D eigenvalue weighted by molar-refractivity contribution is 0.0436. The Labute approximate surface area is 127 Å². The molecule has 0 spiro atoms. The van der Waals surface area contributed by atoms with Crippen molar-refractivity contribution in [2.24, 2.45) is 0 Å². The molecule has 0 saturated carbocycles. The third kappa shape index (κ3) is 2.83. The Kier molecular flexibility index (Phi) is 3.63. The fraction of sp³-hybridized carbons (Fsp3) is 0.235. The Morgan fingerprint density at radius 3 is 2.73 bits per heavy atom. The Morgan fingerprint density at radius 1 is 1.18 bits per heavy atom. The second-order valence-electron chi connectivity index (χ2n) is 5.33. The quantitative estimate of drug-likeness (QED) is 0.692. The van der Waals surface area contributed by atoms with Crippen molar-refractivity contribution in [3.63, 3.8) is 0 Å². The largest absolute Gasteiger partial charge is 0.454 e. The number of carbonyl (C=O) groups excluding carboxylic acids is 1. The van der Waals surface area contributed by atoms with Gasteiger partial charge in [-0.2, -0.15) is 0 Å². The van der Waals surface area contributed by atoms with Gasteiger partial charge in [-0.3, -0.25) is 4.98 Å². The Morgan fingerprint density at radius 2 is 2.00 bits per heavy atom.